The average molecular weight is 553 g/mol. The van der Waals surface area contributed by atoms with Gasteiger partial charge in [0.05, 0.1) is 45.4 Å². The topological polar surface area (TPSA) is 137 Å². The molecule has 0 atom stereocenters. The monoisotopic (exact) mass is 552 g/mol. The zero-order valence-corrected chi connectivity index (χ0v) is 23.3. The van der Waals surface area contributed by atoms with Gasteiger partial charge < -0.3 is 34.5 Å². The molecule has 3 rings (SSSR count). The van der Waals surface area contributed by atoms with Crippen LogP contribution in [-0.4, -0.2) is 79.2 Å². The van der Waals surface area contributed by atoms with E-state index in [0.717, 1.165) is 5.69 Å². The van der Waals surface area contributed by atoms with E-state index in [1.807, 2.05) is 35.2 Å². The van der Waals surface area contributed by atoms with Crippen LogP contribution in [-0.2, 0) is 14.2 Å². The highest BCUT2D eigenvalue weighted by atomic mass is 16.6. The van der Waals surface area contributed by atoms with Crippen molar-refractivity contribution in [2.24, 2.45) is 0 Å². The zero-order valence-electron chi connectivity index (χ0n) is 23.3. The van der Waals surface area contributed by atoms with Crippen LogP contribution in [0, 0.1) is 0 Å². The number of benzene rings is 1. The van der Waals surface area contributed by atoms with Gasteiger partial charge in [0.15, 0.2) is 0 Å². The normalized spacial score (nSPS) is 11.0. The van der Waals surface area contributed by atoms with Crippen LogP contribution >= 0.6 is 0 Å². The lowest BCUT2D eigenvalue weighted by molar-refractivity contribution is 0.0411. The molecule has 0 aliphatic carbocycles. The first-order valence-electron chi connectivity index (χ1n) is 12.8. The second kappa shape index (κ2) is 15.3. The molecule has 2 amide bonds. The second-order valence-corrected chi connectivity index (χ2v) is 9.43. The molecule has 0 fully saturated rings. The smallest absolute Gasteiger partial charge is 0.407 e. The summed E-state index contributed by atoms with van der Waals surface area (Å²) in [6.07, 6.45) is 2.57. The first kappa shape index (κ1) is 30.3. The minimum Gasteiger partial charge on any atom is -0.481 e. The maximum absolute atomic E-state index is 12.8. The summed E-state index contributed by atoms with van der Waals surface area (Å²) in [5.41, 5.74) is 1.03. The predicted octanol–water partition coefficient (Wildman–Crippen LogP) is 3.83. The largest absolute Gasteiger partial charge is 0.481 e. The average Bonchev–Trinajstić information content (AvgIpc) is 2.94. The van der Waals surface area contributed by atoms with E-state index in [0.29, 0.717) is 57.0 Å². The number of para-hydroxylation sites is 1. The number of alkyl carbamates (subject to hydrolysis) is 1. The van der Waals surface area contributed by atoms with E-state index in [1.54, 1.807) is 45.2 Å². The second-order valence-electron chi connectivity index (χ2n) is 9.43. The molecular formula is C28H36N6O6. The molecule has 0 radical (unpaired) electrons. The number of nitrogens with zero attached hydrogens (tertiary/aromatic N) is 4. The molecule has 0 bridgehead atoms. The van der Waals surface area contributed by atoms with E-state index in [9.17, 15) is 9.59 Å². The molecule has 2 aromatic heterocycles. The number of rotatable bonds is 14. The number of carbonyl (C=O) groups excluding carboxylic acids is 2. The van der Waals surface area contributed by atoms with Crippen LogP contribution in [0.3, 0.4) is 0 Å². The van der Waals surface area contributed by atoms with Gasteiger partial charge >= 0.3 is 6.09 Å². The number of methoxy groups -OCH3 is 1. The fraction of sp³-hybridized carbons (Fsp3) is 0.393. The molecule has 0 aliphatic rings. The predicted molar refractivity (Wildman–Crippen MR) is 150 cm³/mol. The van der Waals surface area contributed by atoms with Crippen molar-refractivity contribution in [3.63, 3.8) is 0 Å². The van der Waals surface area contributed by atoms with Gasteiger partial charge in [0, 0.05) is 31.0 Å². The lowest BCUT2D eigenvalue weighted by atomic mass is 10.2. The Kier molecular flexibility index (Phi) is 11.6. The maximum atomic E-state index is 12.8. The molecule has 40 heavy (non-hydrogen) atoms. The summed E-state index contributed by atoms with van der Waals surface area (Å²) in [7, 11) is 1.52. The number of pyridine rings is 1. The van der Waals surface area contributed by atoms with Gasteiger partial charge in [-0.05, 0) is 45.0 Å². The Balaban J connectivity index is 1.49. The van der Waals surface area contributed by atoms with E-state index in [-0.39, 0.29) is 5.69 Å². The first-order valence-corrected chi connectivity index (χ1v) is 12.8. The molecule has 2 heterocycles. The van der Waals surface area contributed by atoms with Crippen LogP contribution in [0.15, 0.2) is 60.9 Å². The molecule has 3 aromatic rings. The number of nitrogens with one attached hydrogen (secondary N) is 2. The van der Waals surface area contributed by atoms with Gasteiger partial charge in [0.25, 0.3) is 5.91 Å². The van der Waals surface area contributed by atoms with Crippen molar-refractivity contribution in [2.75, 3.05) is 56.8 Å². The third-order valence-corrected chi connectivity index (χ3v) is 5.13. The quantitative estimate of drug-likeness (QED) is 0.284. The Morgan fingerprint density at radius 3 is 2.35 bits per heavy atom. The van der Waals surface area contributed by atoms with Crippen LogP contribution in [0.25, 0.3) is 0 Å². The molecule has 0 aliphatic heterocycles. The number of carbonyl (C=O) groups is 2. The number of aromatic nitrogens is 3. The zero-order chi connectivity index (χ0) is 28.8. The van der Waals surface area contributed by atoms with Crippen LogP contribution in [0.5, 0.6) is 5.88 Å². The van der Waals surface area contributed by atoms with Crippen molar-refractivity contribution in [3.05, 3.63) is 66.6 Å². The standard InChI is InChI=1S/C28H36N6O6/c1-28(2,3)40-27(36)30-14-16-38-18-19-39-17-15-34(22-8-6-5-7-9-22)26-29-13-12-23(33-26)25(35)32-21-10-11-24(37-4)31-20-21/h5-13,20H,14-19H2,1-4H3,(H,30,36)(H,32,35). The summed E-state index contributed by atoms with van der Waals surface area (Å²) in [6.45, 7) is 7.65. The summed E-state index contributed by atoms with van der Waals surface area (Å²) in [6, 6.07) is 14.5. The molecule has 1 aromatic carbocycles. The Morgan fingerprint density at radius 2 is 1.68 bits per heavy atom. The highest BCUT2D eigenvalue weighted by Crippen LogP contribution is 2.22. The van der Waals surface area contributed by atoms with Gasteiger partial charge in [-0.2, -0.15) is 0 Å². The highest BCUT2D eigenvalue weighted by Gasteiger charge is 2.17. The first-order chi connectivity index (χ1) is 19.2. The van der Waals surface area contributed by atoms with Gasteiger partial charge in [-0.25, -0.2) is 19.7 Å². The summed E-state index contributed by atoms with van der Waals surface area (Å²) >= 11 is 0. The number of hydrogen-bond donors (Lipinski definition) is 2. The molecule has 12 heteroatoms. The number of hydrogen-bond acceptors (Lipinski definition) is 10. The summed E-state index contributed by atoms with van der Waals surface area (Å²) < 4.78 is 21.5. The Bertz CT molecular complexity index is 1200. The molecule has 2 N–H and O–H groups in total. The molecule has 0 saturated heterocycles. The third kappa shape index (κ3) is 10.5. The van der Waals surface area contributed by atoms with Crippen molar-refractivity contribution < 1.29 is 28.5 Å². The number of amides is 2. The third-order valence-electron chi connectivity index (χ3n) is 5.13. The van der Waals surface area contributed by atoms with Crippen molar-refractivity contribution in [1.82, 2.24) is 20.3 Å². The van der Waals surface area contributed by atoms with Gasteiger partial charge in [-0.1, -0.05) is 18.2 Å². The van der Waals surface area contributed by atoms with Gasteiger partial charge in [-0.3, -0.25) is 4.79 Å². The van der Waals surface area contributed by atoms with E-state index in [1.165, 1.54) is 13.3 Å². The van der Waals surface area contributed by atoms with Crippen molar-refractivity contribution in [3.8, 4) is 5.88 Å². The number of ether oxygens (including phenoxy) is 4. The minimum atomic E-state index is -0.542. The van der Waals surface area contributed by atoms with Crippen molar-refractivity contribution in [2.45, 2.75) is 26.4 Å². The van der Waals surface area contributed by atoms with Crippen molar-refractivity contribution in [1.29, 1.82) is 0 Å². The Labute approximate surface area is 234 Å². The van der Waals surface area contributed by atoms with Crippen LogP contribution in [0.2, 0.25) is 0 Å². The molecule has 0 spiro atoms. The molecule has 0 unspecified atom stereocenters. The minimum absolute atomic E-state index is 0.205. The SMILES string of the molecule is COc1ccc(NC(=O)c2ccnc(N(CCOCCOCCNC(=O)OC(C)(C)C)c3ccccc3)n2)cn1. The Hall–Kier alpha value is -4.29. The molecule has 214 valence electrons. The van der Waals surface area contributed by atoms with Crippen LogP contribution in [0.4, 0.5) is 22.1 Å². The lowest BCUT2D eigenvalue weighted by Crippen LogP contribution is -2.34. The molecular weight excluding hydrogens is 516 g/mol. The summed E-state index contributed by atoms with van der Waals surface area (Å²) in [5, 5.41) is 5.42. The fourth-order valence-corrected chi connectivity index (χ4v) is 3.34. The number of anilines is 3. The maximum Gasteiger partial charge on any atom is 0.407 e. The summed E-state index contributed by atoms with van der Waals surface area (Å²) in [4.78, 5) is 39.3. The van der Waals surface area contributed by atoms with E-state index < -0.39 is 17.6 Å². The Morgan fingerprint density at radius 1 is 0.925 bits per heavy atom. The summed E-state index contributed by atoms with van der Waals surface area (Å²) in [5.74, 6) is 0.419. The molecule has 0 saturated carbocycles. The van der Waals surface area contributed by atoms with Crippen molar-refractivity contribution >= 4 is 29.3 Å². The highest BCUT2D eigenvalue weighted by molar-refractivity contribution is 6.02. The van der Waals surface area contributed by atoms with Gasteiger partial charge in [0.1, 0.15) is 11.3 Å². The van der Waals surface area contributed by atoms with Crippen LogP contribution in [0.1, 0.15) is 31.3 Å². The molecule has 12 nitrogen and oxygen atoms in total. The van der Waals surface area contributed by atoms with Gasteiger partial charge in [0.2, 0.25) is 11.8 Å². The van der Waals surface area contributed by atoms with Gasteiger partial charge in [-0.15, -0.1) is 0 Å². The van der Waals surface area contributed by atoms with Crippen LogP contribution < -0.4 is 20.3 Å². The lowest BCUT2D eigenvalue weighted by Gasteiger charge is -2.23. The van der Waals surface area contributed by atoms with E-state index in [2.05, 4.69) is 25.6 Å². The van der Waals surface area contributed by atoms with E-state index >= 15 is 0 Å². The van der Waals surface area contributed by atoms with E-state index in [4.69, 9.17) is 18.9 Å². The fourth-order valence-electron chi connectivity index (χ4n) is 3.34.